The third-order valence-electron chi connectivity index (χ3n) is 7.69. The third kappa shape index (κ3) is 10.1. The maximum Gasteiger partial charge on any atom is 0.414 e. The Morgan fingerprint density at radius 1 is 0.760 bits per heavy atom. The maximum absolute atomic E-state index is 14.5. The minimum absolute atomic E-state index is 0.178. The summed E-state index contributed by atoms with van der Waals surface area (Å²) in [7, 11) is 0. The Morgan fingerprint density at radius 3 is 1.94 bits per heavy atom. The SMILES string of the molecule is CC(C)(C)OC(=O)NC(=Nc1ccc(N2C(=O)N(Cc3ccccc3)N=C(CN3CCCCC3)c3ccccc32)cc1)NC(=O)OC(C)(C)C. The van der Waals surface area contributed by atoms with Crippen molar-refractivity contribution in [2.24, 2.45) is 10.1 Å². The molecule has 2 aliphatic heterocycles. The molecule has 5 rings (SSSR count). The summed E-state index contributed by atoms with van der Waals surface area (Å²) in [6, 6.07) is 24.3. The number of hydrogen-bond donors (Lipinski definition) is 2. The number of piperidine rings is 1. The average molecular weight is 682 g/mol. The summed E-state index contributed by atoms with van der Waals surface area (Å²) < 4.78 is 10.7. The third-order valence-corrected chi connectivity index (χ3v) is 7.69. The minimum Gasteiger partial charge on any atom is -0.444 e. The van der Waals surface area contributed by atoms with E-state index in [1.807, 2.05) is 54.6 Å². The second-order valence-corrected chi connectivity index (χ2v) is 14.3. The molecule has 0 aliphatic carbocycles. The number of para-hydroxylation sites is 1. The molecule has 12 nitrogen and oxygen atoms in total. The summed E-state index contributed by atoms with van der Waals surface area (Å²) in [6.45, 7) is 13.3. The first-order chi connectivity index (χ1) is 23.7. The van der Waals surface area contributed by atoms with Gasteiger partial charge in [0.2, 0.25) is 5.96 Å². The van der Waals surface area contributed by atoms with E-state index in [-0.39, 0.29) is 12.0 Å². The maximum atomic E-state index is 14.5. The van der Waals surface area contributed by atoms with Crippen molar-refractivity contribution in [2.75, 3.05) is 24.5 Å². The lowest BCUT2D eigenvalue weighted by atomic mass is 10.0. The van der Waals surface area contributed by atoms with E-state index in [2.05, 4.69) is 20.5 Å². The number of benzene rings is 3. The van der Waals surface area contributed by atoms with Crippen LogP contribution in [0.2, 0.25) is 0 Å². The van der Waals surface area contributed by atoms with Gasteiger partial charge in [-0.3, -0.25) is 20.4 Å². The van der Waals surface area contributed by atoms with Gasteiger partial charge < -0.3 is 9.47 Å². The van der Waals surface area contributed by atoms with Crippen molar-refractivity contribution in [1.29, 1.82) is 0 Å². The Kier molecular flexibility index (Phi) is 11.2. The van der Waals surface area contributed by atoms with Crippen LogP contribution in [0.3, 0.4) is 0 Å². The fourth-order valence-electron chi connectivity index (χ4n) is 5.62. The number of hydrazone groups is 1. The fraction of sp³-hybridized carbons (Fsp3) is 0.395. The van der Waals surface area contributed by atoms with Crippen molar-refractivity contribution in [2.45, 2.75) is 78.6 Å². The molecule has 3 aromatic carbocycles. The van der Waals surface area contributed by atoms with E-state index in [4.69, 9.17) is 14.6 Å². The van der Waals surface area contributed by atoms with Crippen LogP contribution in [0.1, 0.15) is 71.9 Å². The number of fused-ring (bicyclic) bond motifs is 1. The number of anilines is 2. The quantitative estimate of drug-likeness (QED) is 0.203. The van der Waals surface area contributed by atoms with Gasteiger partial charge in [-0.2, -0.15) is 5.10 Å². The summed E-state index contributed by atoms with van der Waals surface area (Å²) >= 11 is 0. The zero-order valence-corrected chi connectivity index (χ0v) is 29.7. The summed E-state index contributed by atoms with van der Waals surface area (Å²) in [6.07, 6.45) is 1.92. The highest BCUT2D eigenvalue weighted by molar-refractivity contribution is 6.13. The van der Waals surface area contributed by atoms with Crippen LogP contribution in [0.4, 0.5) is 31.4 Å². The Labute approximate surface area is 294 Å². The van der Waals surface area contributed by atoms with E-state index in [1.54, 1.807) is 70.7 Å². The molecule has 0 spiro atoms. The second kappa shape index (κ2) is 15.5. The van der Waals surface area contributed by atoms with E-state index in [9.17, 15) is 14.4 Å². The van der Waals surface area contributed by atoms with Gasteiger partial charge in [-0.05, 0) is 103 Å². The van der Waals surface area contributed by atoms with Crippen LogP contribution in [0.15, 0.2) is 89.0 Å². The Bertz CT molecular complexity index is 1690. The standard InChI is InChI=1S/C38H47N7O5/c1-37(2,3)49-34(46)40-33(41-35(47)50-38(4,5)6)39-28-19-21-29(22-20-28)45-32-18-12-11-17-30(32)31(26-43-23-13-8-14-24-43)42-44(36(45)48)25-27-15-9-7-10-16-27/h7,9-12,15-22H,8,13-14,23-26H2,1-6H3,(H2,39,40,41,46,47). The highest BCUT2D eigenvalue weighted by atomic mass is 16.6. The minimum atomic E-state index is -0.797. The van der Waals surface area contributed by atoms with Crippen molar-refractivity contribution in [1.82, 2.24) is 20.5 Å². The van der Waals surface area contributed by atoms with Gasteiger partial charge in [0.05, 0.1) is 29.3 Å². The van der Waals surface area contributed by atoms with Crippen molar-refractivity contribution < 1.29 is 23.9 Å². The first kappa shape index (κ1) is 36.1. The second-order valence-electron chi connectivity index (χ2n) is 14.3. The molecule has 0 aromatic heterocycles. The van der Waals surface area contributed by atoms with E-state index in [0.29, 0.717) is 24.5 Å². The molecule has 0 radical (unpaired) electrons. The van der Waals surface area contributed by atoms with Gasteiger partial charge in [0, 0.05) is 12.1 Å². The predicted molar refractivity (Wildman–Crippen MR) is 195 cm³/mol. The van der Waals surface area contributed by atoms with Crippen LogP contribution in [-0.2, 0) is 16.0 Å². The lowest BCUT2D eigenvalue weighted by Gasteiger charge is -2.27. The number of nitrogens with one attached hydrogen (secondary N) is 2. The Balaban J connectivity index is 1.48. The smallest absolute Gasteiger partial charge is 0.414 e. The molecule has 12 heteroatoms. The van der Waals surface area contributed by atoms with Crippen LogP contribution >= 0.6 is 0 Å². The first-order valence-corrected chi connectivity index (χ1v) is 17.0. The molecule has 2 heterocycles. The van der Waals surface area contributed by atoms with Crippen molar-refractivity contribution >= 4 is 47.0 Å². The van der Waals surface area contributed by atoms with Crippen LogP contribution in [0, 0.1) is 0 Å². The molecule has 0 atom stereocenters. The molecular weight excluding hydrogens is 634 g/mol. The number of nitrogens with zero attached hydrogens (tertiary/aromatic N) is 5. The van der Waals surface area contributed by atoms with Crippen LogP contribution in [-0.4, -0.2) is 70.6 Å². The monoisotopic (exact) mass is 681 g/mol. The zero-order chi connectivity index (χ0) is 35.9. The molecule has 50 heavy (non-hydrogen) atoms. The predicted octanol–water partition coefficient (Wildman–Crippen LogP) is 7.69. The van der Waals surface area contributed by atoms with E-state index < -0.39 is 23.4 Å². The topological polar surface area (TPSA) is 128 Å². The van der Waals surface area contributed by atoms with Crippen LogP contribution in [0.25, 0.3) is 0 Å². The molecule has 1 fully saturated rings. The number of hydrogen-bond acceptors (Lipinski definition) is 8. The number of likely N-dealkylation sites (tertiary alicyclic amines) is 1. The number of ether oxygens (including phenoxy) is 2. The van der Waals surface area contributed by atoms with Crippen molar-refractivity contribution in [3.63, 3.8) is 0 Å². The van der Waals surface area contributed by atoms with Crippen LogP contribution in [0.5, 0.6) is 0 Å². The number of aliphatic imine (C=N–C) groups is 1. The van der Waals surface area contributed by atoms with Crippen molar-refractivity contribution in [3.05, 3.63) is 90.0 Å². The average Bonchev–Trinajstić information content (AvgIpc) is 3.14. The van der Waals surface area contributed by atoms with Gasteiger partial charge in [-0.15, -0.1) is 0 Å². The number of carbonyl (C=O) groups is 3. The molecule has 1 saturated heterocycles. The molecular formula is C38H47N7O5. The lowest BCUT2D eigenvalue weighted by molar-refractivity contribution is 0.0545. The van der Waals surface area contributed by atoms with Gasteiger partial charge in [0.1, 0.15) is 11.2 Å². The van der Waals surface area contributed by atoms with Gasteiger partial charge in [-0.1, -0.05) is 55.0 Å². The highest BCUT2D eigenvalue weighted by Gasteiger charge is 2.32. The lowest BCUT2D eigenvalue weighted by Crippen LogP contribution is -2.47. The Hall–Kier alpha value is -5.23. The molecule has 0 saturated carbocycles. The summed E-state index contributed by atoms with van der Waals surface area (Å²) in [5.41, 5.74) is 2.84. The van der Waals surface area contributed by atoms with E-state index in [1.165, 1.54) is 11.4 Å². The molecule has 0 unspecified atom stereocenters. The number of carbonyl (C=O) groups excluding carboxylic acids is 3. The number of guanidine groups is 1. The Morgan fingerprint density at radius 2 is 1.34 bits per heavy atom. The van der Waals surface area contributed by atoms with Crippen LogP contribution < -0.4 is 15.5 Å². The van der Waals surface area contributed by atoms with E-state index in [0.717, 1.165) is 48.5 Å². The van der Waals surface area contributed by atoms with Gasteiger partial charge in [0.25, 0.3) is 0 Å². The fourth-order valence-corrected chi connectivity index (χ4v) is 5.62. The summed E-state index contributed by atoms with van der Waals surface area (Å²) in [5, 5.41) is 11.6. The molecule has 2 N–H and O–H groups in total. The molecule has 2 aliphatic rings. The first-order valence-electron chi connectivity index (χ1n) is 17.0. The highest BCUT2D eigenvalue weighted by Crippen LogP contribution is 2.35. The van der Waals surface area contributed by atoms with Gasteiger partial charge in [0.15, 0.2) is 0 Å². The molecule has 0 bridgehead atoms. The number of rotatable bonds is 6. The summed E-state index contributed by atoms with van der Waals surface area (Å²) in [5.74, 6) is -0.178. The largest absolute Gasteiger partial charge is 0.444 e. The summed E-state index contributed by atoms with van der Waals surface area (Å²) in [4.78, 5) is 48.2. The molecule has 3 aromatic rings. The normalized spacial score (nSPS) is 15.3. The van der Waals surface area contributed by atoms with Crippen molar-refractivity contribution in [3.8, 4) is 0 Å². The number of alkyl carbamates (subject to hydrolysis) is 2. The number of urea groups is 1. The van der Waals surface area contributed by atoms with Gasteiger partial charge in [-0.25, -0.2) is 24.4 Å². The molecule has 4 amide bonds. The van der Waals surface area contributed by atoms with E-state index >= 15 is 0 Å². The molecule has 264 valence electrons. The van der Waals surface area contributed by atoms with Gasteiger partial charge >= 0.3 is 18.2 Å². The number of amides is 4. The zero-order valence-electron chi connectivity index (χ0n) is 29.7.